The maximum Gasteiger partial charge on any atom is 0.192 e. The molecule has 8 heteroatoms. The minimum Gasteiger partial charge on any atom is -0.497 e. The van der Waals surface area contributed by atoms with E-state index in [9.17, 15) is 4.39 Å². The van der Waals surface area contributed by atoms with Gasteiger partial charge in [0.15, 0.2) is 11.0 Å². The maximum absolute atomic E-state index is 14.2. The number of methoxy groups -OCH3 is 1. The van der Waals surface area contributed by atoms with Crippen LogP contribution < -0.4 is 4.74 Å². The van der Waals surface area contributed by atoms with E-state index in [1.807, 2.05) is 41.0 Å². The number of aromatic nitrogens is 4. The summed E-state index contributed by atoms with van der Waals surface area (Å²) in [6, 6.07) is 18.2. The number of hydrogen-bond acceptors (Lipinski definition) is 6. The summed E-state index contributed by atoms with van der Waals surface area (Å²) >= 11 is 1.53. The summed E-state index contributed by atoms with van der Waals surface area (Å²) in [6.07, 6.45) is 3.33. The van der Waals surface area contributed by atoms with Gasteiger partial charge in [-0.3, -0.25) is 9.55 Å². The van der Waals surface area contributed by atoms with Gasteiger partial charge in [0.05, 0.1) is 25.4 Å². The van der Waals surface area contributed by atoms with Gasteiger partial charge >= 0.3 is 0 Å². The molecule has 5 rings (SSSR count). The fraction of sp³-hybridized carbons (Fsp3) is 0.125. The molecular weight excluding hydrogens is 427 g/mol. The van der Waals surface area contributed by atoms with E-state index in [0.717, 1.165) is 33.6 Å². The fourth-order valence-corrected chi connectivity index (χ4v) is 4.43. The average molecular weight is 447 g/mol. The number of ether oxygens (including phenoxy) is 1. The lowest BCUT2D eigenvalue weighted by Gasteiger charge is -2.10. The molecule has 0 spiro atoms. The summed E-state index contributed by atoms with van der Waals surface area (Å²) in [5.74, 6) is 2.61. The molecule has 0 radical (unpaired) electrons. The molecule has 0 aliphatic carbocycles. The maximum atomic E-state index is 14.2. The van der Waals surface area contributed by atoms with Crippen molar-refractivity contribution in [1.82, 2.24) is 19.7 Å². The van der Waals surface area contributed by atoms with Crippen LogP contribution >= 0.6 is 11.8 Å². The molecule has 0 saturated heterocycles. The lowest BCUT2D eigenvalue weighted by molar-refractivity contribution is 0.415. The van der Waals surface area contributed by atoms with Crippen LogP contribution in [0.4, 0.5) is 4.39 Å². The Bertz CT molecular complexity index is 1350. The Morgan fingerprint density at radius 2 is 1.91 bits per heavy atom. The van der Waals surface area contributed by atoms with Crippen LogP contribution in [-0.2, 0) is 12.3 Å². The number of hydrogen-bond donors (Lipinski definition) is 0. The van der Waals surface area contributed by atoms with E-state index in [-0.39, 0.29) is 5.82 Å². The van der Waals surface area contributed by atoms with Gasteiger partial charge < -0.3 is 9.15 Å². The van der Waals surface area contributed by atoms with Crippen molar-refractivity contribution in [3.8, 4) is 17.1 Å². The Labute approximate surface area is 188 Å². The van der Waals surface area contributed by atoms with E-state index in [4.69, 9.17) is 9.15 Å². The van der Waals surface area contributed by atoms with Gasteiger partial charge in [0.2, 0.25) is 0 Å². The number of halogens is 1. The van der Waals surface area contributed by atoms with Crippen LogP contribution in [0.3, 0.4) is 0 Å². The zero-order valence-corrected chi connectivity index (χ0v) is 18.1. The highest BCUT2D eigenvalue weighted by atomic mass is 32.2. The van der Waals surface area contributed by atoms with Crippen molar-refractivity contribution >= 4 is 22.7 Å². The molecule has 0 unspecified atom stereocenters. The van der Waals surface area contributed by atoms with Gasteiger partial charge in [-0.1, -0.05) is 17.8 Å². The van der Waals surface area contributed by atoms with Crippen molar-refractivity contribution in [1.29, 1.82) is 0 Å². The molecule has 3 aromatic heterocycles. The molecule has 160 valence electrons. The number of fused-ring (bicyclic) bond motifs is 1. The fourth-order valence-electron chi connectivity index (χ4n) is 3.51. The highest BCUT2D eigenvalue weighted by Gasteiger charge is 2.17. The van der Waals surface area contributed by atoms with Crippen LogP contribution in [0.5, 0.6) is 5.75 Å². The largest absolute Gasteiger partial charge is 0.497 e. The van der Waals surface area contributed by atoms with Crippen molar-refractivity contribution < 1.29 is 13.5 Å². The summed E-state index contributed by atoms with van der Waals surface area (Å²) in [5.41, 5.74) is 2.52. The first-order valence-electron chi connectivity index (χ1n) is 9.98. The first kappa shape index (κ1) is 20.3. The molecule has 3 heterocycles. The van der Waals surface area contributed by atoms with E-state index in [2.05, 4.69) is 15.2 Å². The normalized spacial score (nSPS) is 11.2. The molecule has 0 fully saturated rings. The van der Waals surface area contributed by atoms with Crippen LogP contribution in [0, 0.1) is 5.82 Å². The molecule has 0 N–H and O–H groups in total. The Kier molecular flexibility index (Phi) is 5.60. The molecule has 0 aliphatic rings. The first-order valence-corrected chi connectivity index (χ1v) is 11.0. The summed E-state index contributed by atoms with van der Waals surface area (Å²) < 4.78 is 27.0. The third-order valence-corrected chi connectivity index (χ3v) is 6.13. The molecule has 0 amide bonds. The zero-order chi connectivity index (χ0) is 21.9. The third-order valence-electron chi connectivity index (χ3n) is 5.12. The number of benzene rings is 2. The molecule has 6 nitrogen and oxygen atoms in total. The standard InChI is InChI=1S/C24H19FN4O2S/c1-30-18-9-6-16(7-10-18)23-27-28-24(29(23)14-19-4-3-13-31-19)32-15-17-8-11-21(25)20-5-2-12-26-22(17)20/h2-13H,14-15H2,1H3. The van der Waals surface area contributed by atoms with Gasteiger partial charge in [0.1, 0.15) is 17.3 Å². The van der Waals surface area contributed by atoms with Crippen LogP contribution in [0.25, 0.3) is 22.3 Å². The molecular formula is C24H19FN4O2S. The molecule has 0 aliphatic heterocycles. The van der Waals surface area contributed by atoms with Crippen LogP contribution in [0.2, 0.25) is 0 Å². The zero-order valence-electron chi connectivity index (χ0n) is 17.2. The number of thioether (sulfide) groups is 1. The van der Waals surface area contributed by atoms with Crippen molar-refractivity contribution in [2.75, 3.05) is 7.11 Å². The Morgan fingerprint density at radius 3 is 2.69 bits per heavy atom. The van der Waals surface area contributed by atoms with E-state index >= 15 is 0 Å². The van der Waals surface area contributed by atoms with E-state index in [1.54, 1.807) is 37.8 Å². The van der Waals surface area contributed by atoms with Gasteiger partial charge in [-0.25, -0.2) is 4.39 Å². The second kappa shape index (κ2) is 8.84. The van der Waals surface area contributed by atoms with Crippen molar-refractivity contribution in [3.05, 3.63) is 90.3 Å². The van der Waals surface area contributed by atoms with E-state index < -0.39 is 0 Å². The van der Waals surface area contributed by atoms with Gasteiger partial charge in [-0.2, -0.15) is 0 Å². The van der Waals surface area contributed by atoms with Gasteiger partial charge in [-0.05, 0) is 60.2 Å². The molecule has 5 aromatic rings. The smallest absolute Gasteiger partial charge is 0.192 e. The van der Waals surface area contributed by atoms with Crippen molar-refractivity contribution in [2.24, 2.45) is 0 Å². The minimum absolute atomic E-state index is 0.273. The first-order chi connectivity index (χ1) is 15.7. The second-order valence-corrected chi connectivity index (χ2v) is 8.04. The summed E-state index contributed by atoms with van der Waals surface area (Å²) in [7, 11) is 1.64. The summed E-state index contributed by atoms with van der Waals surface area (Å²) in [4.78, 5) is 4.38. The highest BCUT2D eigenvalue weighted by Crippen LogP contribution is 2.30. The van der Waals surface area contributed by atoms with E-state index in [1.165, 1.54) is 17.8 Å². The number of furan rings is 1. The Hall–Kier alpha value is -3.65. The molecule has 2 aromatic carbocycles. The number of nitrogens with zero attached hydrogens (tertiary/aromatic N) is 4. The summed E-state index contributed by atoms with van der Waals surface area (Å²) in [6.45, 7) is 0.492. The predicted molar refractivity (Wildman–Crippen MR) is 121 cm³/mol. The molecule has 0 bridgehead atoms. The van der Waals surface area contributed by atoms with Crippen molar-refractivity contribution in [3.63, 3.8) is 0 Å². The quantitative estimate of drug-likeness (QED) is 0.304. The molecule has 32 heavy (non-hydrogen) atoms. The minimum atomic E-state index is -0.273. The SMILES string of the molecule is COc1ccc(-c2nnc(SCc3ccc(F)c4cccnc34)n2Cc2ccco2)cc1. The number of rotatable bonds is 7. The molecule has 0 saturated carbocycles. The van der Waals surface area contributed by atoms with Crippen LogP contribution in [0.1, 0.15) is 11.3 Å². The number of pyridine rings is 1. The lowest BCUT2D eigenvalue weighted by Crippen LogP contribution is -2.03. The third kappa shape index (κ3) is 3.97. The Balaban J connectivity index is 1.48. The monoisotopic (exact) mass is 446 g/mol. The van der Waals surface area contributed by atoms with Crippen LogP contribution in [0.15, 0.2) is 82.7 Å². The highest BCUT2D eigenvalue weighted by molar-refractivity contribution is 7.98. The predicted octanol–water partition coefficient (Wildman–Crippen LogP) is 5.57. The molecule has 0 atom stereocenters. The van der Waals surface area contributed by atoms with E-state index in [0.29, 0.717) is 23.2 Å². The van der Waals surface area contributed by atoms with Crippen LogP contribution in [-0.4, -0.2) is 26.9 Å². The average Bonchev–Trinajstić information content (AvgIpc) is 3.49. The van der Waals surface area contributed by atoms with Crippen molar-refractivity contribution in [2.45, 2.75) is 17.5 Å². The lowest BCUT2D eigenvalue weighted by atomic mass is 10.1. The van der Waals surface area contributed by atoms with Gasteiger partial charge in [-0.15, -0.1) is 10.2 Å². The summed E-state index contributed by atoms with van der Waals surface area (Å²) in [5, 5.41) is 10.1. The second-order valence-electron chi connectivity index (χ2n) is 7.09. The van der Waals surface area contributed by atoms with Gasteiger partial charge in [0, 0.05) is 22.9 Å². The topological polar surface area (TPSA) is 66.0 Å². The Morgan fingerprint density at radius 1 is 1.03 bits per heavy atom. The van der Waals surface area contributed by atoms with Gasteiger partial charge in [0.25, 0.3) is 0 Å².